The van der Waals surface area contributed by atoms with E-state index < -0.39 is 0 Å². The van der Waals surface area contributed by atoms with Crippen LogP contribution >= 0.6 is 23.2 Å². The van der Waals surface area contributed by atoms with E-state index >= 15 is 0 Å². The molecule has 1 N–H and O–H groups in total. The van der Waals surface area contributed by atoms with E-state index in [2.05, 4.69) is 25.2 Å². The smallest absolute Gasteiger partial charge is 0.0628 e. The van der Waals surface area contributed by atoms with Gasteiger partial charge < -0.3 is 5.32 Å². The molecule has 1 heterocycles. The zero-order valence-electron chi connectivity index (χ0n) is 9.69. The minimum absolute atomic E-state index is 0.531. The van der Waals surface area contributed by atoms with Crippen molar-refractivity contribution in [3.63, 3.8) is 0 Å². The average Bonchev–Trinajstić information content (AvgIpc) is 2.23. The van der Waals surface area contributed by atoms with Crippen molar-refractivity contribution in [1.29, 1.82) is 0 Å². The van der Waals surface area contributed by atoms with Gasteiger partial charge in [0.15, 0.2) is 0 Å². The van der Waals surface area contributed by atoms with E-state index in [1.54, 1.807) is 0 Å². The summed E-state index contributed by atoms with van der Waals surface area (Å²) >= 11 is 12.3. The Morgan fingerprint density at radius 1 is 1.38 bits per heavy atom. The Hall–Kier alpha value is -0.240. The van der Waals surface area contributed by atoms with Gasteiger partial charge in [0.05, 0.1) is 10.0 Å². The number of halogens is 2. The van der Waals surface area contributed by atoms with E-state index in [9.17, 15) is 0 Å². The third kappa shape index (κ3) is 2.53. The number of benzene rings is 1. The molecular weight excluding hydrogens is 241 g/mol. The molecule has 0 radical (unpaired) electrons. The normalized spacial score (nSPS) is 19.9. The summed E-state index contributed by atoms with van der Waals surface area (Å²) < 4.78 is 0. The van der Waals surface area contributed by atoms with Gasteiger partial charge in [0, 0.05) is 12.6 Å². The lowest BCUT2D eigenvalue weighted by Gasteiger charge is -2.28. The fraction of sp³-hybridized carbons (Fsp3) is 0.538. The highest BCUT2D eigenvalue weighted by molar-refractivity contribution is 6.42. The summed E-state index contributed by atoms with van der Waals surface area (Å²) in [7, 11) is 0. The quantitative estimate of drug-likeness (QED) is 0.843. The average molecular weight is 258 g/mol. The van der Waals surface area contributed by atoms with Crippen molar-refractivity contribution in [3.8, 4) is 0 Å². The molecule has 0 aliphatic carbocycles. The summed E-state index contributed by atoms with van der Waals surface area (Å²) in [5.74, 6) is 0.706. The van der Waals surface area contributed by atoms with E-state index in [4.69, 9.17) is 23.2 Å². The first-order valence-electron chi connectivity index (χ1n) is 5.77. The topological polar surface area (TPSA) is 12.0 Å². The molecule has 3 heteroatoms. The van der Waals surface area contributed by atoms with Crippen LogP contribution in [0.4, 0.5) is 0 Å². The molecule has 0 saturated carbocycles. The molecule has 1 nitrogen and oxygen atoms in total. The van der Waals surface area contributed by atoms with Crippen molar-refractivity contribution in [1.82, 2.24) is 5.32 Å². The van der Waals surface area contributed by atoms with Crippen molar-refractivity contribution < 1.29 is 0 Å². The first-order valence-corrected chi connectivity index (χ1v) is 6.52. The molecular formula is C13H17Cl2N. The molecule has 2 rings (SSSR count). The minimum Gasteiger partial charge on any atom is -0.310 e. The number of fused-ring (bicyclic) bond motifs is 1. The number of hydrogen-bond acceptors (Lipinski definition) is 1. The maximum Gasteiger partial charge on any atom is 0.0628 e. The molecule has 88 valence electrons. The predicted molar refractivity (Wildman–Crippen MR) is 70.2 cm³/mol. The van der Waals surface area contributed by atoms with Gasteiger partial charge in [0.25, 0.3) is 0 Å². The van der Waals surface area contributed by atoms with Crippen molar-refractivity contribution in [2.45, 2.75) is 39.3 Å². The SMILES string of the molecule is CC(C)CC1Cc2c(ccc(Cl)c2Cl)CN1. The predicted octanol–water partition coefficient (Wildman–Crippen LogP) is 4.05. The summed E-state index contributed by atoms with van der Waals surface area (Å²) in [6.07, 6.45) is 2.18. The summed E-state index contributed by atoms with van der Waals surface area (Å²) in [6.45, 7) is 5.40. The van der Waals surface area contributed by atoms with Crippen LogP contribution < -0.4 is 5.32 Å². The van der Waals surface area contributed by atoms with Gasteiger partial charge in [0.2, 0.25) is 0 Å². The van der Waals surface area contributed by atoms with Crippen molar-refractivity contribution in [2.75, 3.05) is 0 Å². The highest BCUT2D eigenvalue weighted by Gasteiger charge is 2.21. The van der Waals surface area contributed by atoms with Gasteiger partial charge in [-0.1, -0.05) is 43.1 Å². The highest BCUT2D eigenvalue weighted by atomic mass is 35.5. The van der Waals surface area contributed by atoms with Crippen LogP contribution in [0.3, 0.4) is 0 Å². The summed E-state index contributed by atoms with van der Waals surface area (Å²) in [4.78, 5) is 0. The second-order valence-electron chi connectivity index (χ2n) is 4.91. The minimum atomic E-state index is 0.531. The zero-order chi connectivity index (χ0) is 11.7. The van der Waals surface area contributed by atoms with Crippen molar-refractivity contribution >= 4 is 23.2 Å². The molecule has 1 aliphatic heterocycles. The van der Waals surface area contributed by atoms with Crippen LogP contribution in [0.5, 0.6) is 0 Å². The standard InChI is InChI=1S/C13H17Cl2N/c1-8(2)5-10-6-11-9(7-16-10)3-4-12(14)13(11)15/h3-4,8,10,16H,5-7H2,1-2H3. The van der Waals surface area contributed by atoms with Gasteiger partial charge in [-0.15, -0.1) is 0 Å². The van der Waals surface area contributed by atoms with Crippen LogP contribution in [-0.2, 0) is 13.0 Å². The Balaban J connectivity index is 2.22. The van der Waals surface area contributed by atoms with Gasteiger partial charge in [0.1, 0.15) is 0 Å². The fourth-order valence-corrected chi connectivity index (χ4v) is 2.77. The lowest BCUT2D eigenvalue weighted by molar-refractivity contribution is 0.398. The van der Waals surface area contributed by atoms with Crippen LogP contribution in [0.25, 0.3) is 0 Å². The Labute approximate surface area is 107 Å². The van der Waals surface area contributed by atoms with Crippen LogP contribution in [0.15, 0.2) is 12.1 Å². The Morgan fingerprint density at radius 2 is 2.12 bits per heavy atom. The van der Waals surface area contributed by atoms with E-state index in [1.165, 1.54) is 17.5 Å². The van der Waals surface area contributed by atoms with E-state index in [0.29, 0.717) is 17.0 Å². The second kappa shape index (κ2) is 4.95. The van der Waals surface area contributed by atoms with Gasteiger partial charge in [-0.2, -0.15) is 0 Å². The Bertz CT molecular complexity index is 388. The van der Waals surface area contributed by atoms with Crippen LogP contribution in [0.2, 0.25) is 10.0 Å². The van der Waals surface area contributed by atoms with E-state index in [-0.39, 0.29) is 0 Å². The summed E-state index contributed by atoms with van der Waals surface area (Å²) in [5, 5.41) is 4.97. The molecule has 0 spiro atoms. The Kier molecular flexibility index (Phi) is 3.78. The molecule has 0 fully saturated rings. The largest absolute Gasteiger partial charge is 0.310 e. The highest BCUT2D eigenvalue weighted by Crippen LogP contribution is 2.32. The summed E-state index contributed by atoms with van der Waals surface area (Å²) in [5.41, 5.74) is 2.52. The molecule has 1 unspecified atom stereocenters. The van der Waals surface area contributed by atoms with Gasteiger partial charge in [-0.3, -0.25) is 0 Å². The number of nitrogens with one attached hydrogen (secondary N) is 1. The molecule has 16 heavy (non-hydrogen) atoms. The van der Waals surface area contributed by atoms with Crippen LogP contribution in [0.1, 0.15) is 31.4 Å². The molecule has 1 aromatic carbocycles. The number of rotatable bonds is 2. The fourth-order valence-electron chi connectivity index (χ4n) is 2.33. The number of hydrogen-bond donors (Lipinski definition) is 1. The molecule has 1 aliphatic rings. The van der Waals surface area contributed by atoms with Gasteiger partial charge in [-0.25, -0.2) is 0 Å². The van der Waals surface area contributed by atoms with Crippen molar-refractivity contribution in [2.24, 2.45) is 5.92 Å². The maximum atomic E-state index is 6.25. The van der Waals surface area contributed by atoms with E-state index in [1.807, 2.05) is 6.07 Å². The third-order valence-electron chi connectivity index (χ3n) is 3.08. The van der Waals surface area contributed by atoms with Crippen molar-refractivity contribution in [3.05, 3.63) is 33.3 Å². The second-order valence-corrected chi connectivity index (χ2v) is 5.70. The van der Waals surface area contributed by atoms with Crippen LogP contribution in [-0.4, -0.2) is 6.04 Å². The molecule has 1 atom stereocenters. The molecule has 1 aromatic rings. The Morgan fingerprint density at radius 3 is 2.81 bits per heavy atom. The first-order chi connectivity index (χ1) is 7.58. The molecule has 0 amide bonds. The third-order valence-corrected chi connectivity index (χ3v) is 3.92. The first kappa shape index (κ1) is 12.2. The maximum absolute atomic E-state index is 6.25. The van der Waals surface area contributed by atoms with Gasteiger partial charge in [-0.05, 0) is 36.0 Å². The molecule has 0 saturated heterocycles. The molecule has 0 aromatic heterocycles. The lowest BCUT2D eigenvalue weighted by Crippen LogP contribution is -2.36. The lowest BCUT2D eigenvalue weighted by atomic mass is 9.91. The monoisotopic (exact) mass is 257 g/mol. The molecule has 0 bridgehead atoms. The summed E-state index contributed by atoms with van der Waals surface area (Å²) in [6, 6.07) is 4.48. The van der Waals surface area contributed by atoms with Crippen LogP contribution in [0, 0.1) is 5.92 Å². The van der Waals surface area contributed by atoms with E-state index in [0.717, 1.165) is 18.0 Å². The van der Waals surface area contributed by atoms with Gasteiger partial charge >= 0.3 is 0 Å². The zero-order valence-corrected chi connectivity index (χ0v) is 11.2.